The van der Waals surface area contributed by atoms with Gasteiger partial charge in [0.15, 0.2) is 5.82 Å². The molecule has 2 aromatic rings. The molecule has 1 aliphatic carbocycles. The molecule has 2 nitrogen and oxygen atoms in total. The average Bonchev–Trinajstić information content (AvgIpc) is 2.97. The van der Waals surface area contributed by atoms with Crippen LogP contribution in [0.4, 0.5) is 0 Å². The van der Waals surface area contributed by atoms with Gasteiger partial charge in [-0.1, -0.05) is 11.6 Å². The third-order valence-electron chi connectivity index (χ3n) is 2.89. The van der Waals surface area contributed by atoms with Crippen molar-refractivity contribution >= 4 is 34.7 Å². The molecule has 5 heteroatoms. The van der Waals surface area contributed by atoms with Crippen molar-refractivity contribution in [2.75, 3.05) is 6.26 Å². The first-order valence-corrected chi connectivity index (χ1v) is 7.89. The number of hydrogen-bond donors (Lipinski definition) is 0. The standard InChI is InChI=1S/C12H11ClN2S2/c1-16-10-6-5-9(17-10)12-14-8-4-2-3-7(8)11(13)15-12/h5-6H,2-4H2,1H3. The van der Waals surface area contributed by atoms with E-state index in [1.807, 2.05) is 0 Å². The minimum atomic E-state index is 0.640. The molecular formula is C12H11ClN2S2. The zero-order chi connectivity index (χ0) is 11.8. The van der Waals surface area contributed by atoms with Gasteiger partial charge in [0.2, 0.25) is 0 Å². The van der Waals surface area contributed by atoms with Crippen LogP contribution >= 0.6 is 34.7 Å². The lowest BCUT2D eigenvalue weighted by molar-refractivity contribution is 0.900. The Bertz CT molecular complexity index is 566. The third-order valence-corrected chi connectivity index (χ3v) is 5.36. The molecule has 0 N–H and O–H groups in total. The van der Waals surface area contributed by atoms with Crippen LogP contribution in [0, 0.1) is 0 Å². The van der Waals surface area contributed by atoms with Crippen LogP contribution in [0.1, 0.15) is 17.7 Å². The van der Waals surface area contributed by atoms with Gasteiger partial charge in [-0.05, 0) is 37.7 Å². The van der Waals surface area contributed by atoms with E-state index in [0.29, 0.717) is 5.15 Å². The number of thiophene rings is 1. The summed E-state index contributed by atoms with van der Waals surface area (Å²) in [6.07, 6.45) is 5.28. The van der Waals surface area contributed by atoms with E-state index >= 15 is 0 Å². The summed E-state index contributed by atoms with van der Waals surface area (Å²) in [5.41, 5.74) is 2.29. The molecule has 0 fully saturated rings. The Labute approximate surface area is 113 Å². The summed E-state index contributed by atoms with van der Waals surface area (Å²) in [5, 5.41) is 0.640. The minimum Gasteiger partial charge on any atom is -0.232 e. The van der Waals surface area contributed by atoms with Crippen molar-refractivity contribution in [1.82, 2.24) is 9.97 Å². The number of nitrogens with zero attached hydrogens (tertiary/aromatic N) is 2. The molecular weight excluding hydrogens is 272 g/mol. The number of aromatic nitrogens is 2. The molecule has 2 aromatic heterocycles. The first-order chi connectivity index (χ1) is 8.28. The molecule has 0 bridgehead atoms. The number of hydrogen-bond acceptors (Lipinski definition) is 4. The van der Waals surface area contributed by atoms with Crippen molar-refractivity contribution in [2.45, 2.75) is 23.5 Å². The average molecular weight is 283 g/mol. The van der Waals surface area contributed by atoms with Gasteiger partial charge in [-0.2, -0.15) is 0 Å². The summed E-state index contributed by atoms with van der Waals surface area (Å²) < 4.78 is 1.28. The number of fused-ring (bicyclic) bond motifs is 1. The highest BCUT2D eigenvalue weighted by Crippen LogP contribution is 2.34. The Morgan fingerprint density at radius 3 is 2.94 bits per heavy atom. The van der Waals surface area contributed by atoms with Gasteiger partial charge in [-0.15, -0.1) is 23.1 Å². The van der Waals surface area contributed by atoms with E-state index in [9.17, 15) is 0 Å². The number of rotatable bonds is 2. The molecule has 0 radical (unpaired) electrons. The van der Waals surface area contributed by atoms with Crippen molar-refractivity contribution in [3.05, 3.63) is 28.5 Å². The molecule has 0 unspecified atom stereocenters. The fourth-order valence-electron chi connectivity index (χ4n) is 2.05. The van der Waals surface area contributed by atoms with Gasteiger partial charge < -0.3 is 0 Å². The first-order valence-electron chi connectivity index (χ1n) is 5.47. The SMILES string of the molecule is CSc1ccc(-c2nc(Cl)c3c(n2)CCC3)s1. The first kappa shape index (κ1) is 11.5. The topological polar surface area (TPSA) is 25.8 Å². The predicted octanol–water partition coefficient (Wildman–Crippen LogP) is 4.07. The molecule has 0 saturated carbocycles. The Morgan fingerprint density at radius 1 is 1.29 bits per heavy atom. The van der Waals surface area contributed by atoms with Crippen LogP contribution in [0.15, 0.2) is 16.3 Å². The van der Waals surface area contributed by atoms with E-state index in [1.165, 1.54) is 4.21 Å². The molecule has 1 aliphatic rings. The van der Waals surface area contributed by atoms with Crippen LogP contribution < -0.4 is 0 Å². The molecule has 0 amide bonds. The summed E-state index contributed by atoms with van der Waals surface area (Å²) in [6.45, 7) is 0. The fourth-order valence-corrected chi connectivity index (χ4v) is 3.81. The lowest BCUT2D eigenvalue weighted by Crippen LogP contribution is -1.96. The summed E-state index contributed by atoms with van der Waals surface area (Å²) in [4.78, 5) is 10.2. The van der Waals surface area contributed by atoms with E-state index in [2.05, 4.69) is 28.4 Å². The number of thioether (sulfide) groups is 1. The molecule has 0 spiro atoms. The zero-order valence-electron chi connectivity index (χ0n) is 9.36. The van der Waals surface area contributed by atoms with Crippen molar-refractivity contribution in [3.8, 4) is 10.7 Å². The van der Waals surface area contributed by atoms with Crippen LogP contribution in [0.3, 0.4) is 0 Å². The highest BCUT2D eigenvalue weighted by Gasteiger charge is 2.19. The minimum absolute atomic E-state index is 0.640. The fraction of sp³-hybridized carbons (Fsp3) is 0.333. The Balaban J connectivity index is 2.06. The van der Waals surface area contributed by atoms with E-state index < -0.39 is 0 Å². The maximum Gasteiger partial charge on any atom is 0.171 e. The van der Waals surface area contributed by atoms with Gasteiger partial charge in [0, 0.05) is 11.3 Å². The quantitative estimate of drug-likeness (QED) is 0.613. The summed E-state index contributed by atoms with van der Waals surface area (Å²) in [7, 11) is 0. The van der Waals surface area contributed by atoms with Crippen LogP contribution in [-0.4, -0.2) is 16.2 Å². The van der Waals surface area contributed by atoms with Crippen molar-refractivity contribution < 1.29 is 0 Å². The van der Waals surface area contributed by atoms with Crippen LogP contribution in [0.25, 0.3) is 10.7 Å². The molecule has 0 saturated heterocycles. The molecule has 0 aromatic carbocycles. The highest BCUT2D eigenvalue weighted by atomic mass is 35.5. The second kappa shape index (κ2) is 4.59. The predicted molar refractivity (Wildman–Crippen MR) is 74.2 cm³/mol. The van der Waals surface area contributed by atoms with Gasteiger partial charge in [-0.25, -0.2) is 9.97 Å². The Hall–Kier alpha value is -0.580. The normalized spacial score (nSPS) is 14.0. The van der Waals surface area contributed by atoms with E-state index in [4.69, 9.17) is 11.6 Å². The third kappa shape index (κ3) is 2.09. The highest BCUT2D eigenvalue weighted by molar-refractivity contribution is 8.00. The largest absolute Gasteiger partial charge is 0.232 e. The lowest BCUT2D eigenvalue weighted by atomic mass is 10.2. The van der Waals surface area contributed by atoms with E-state index in [-0.39, 0.29) is 0 Å². The molecule has 0 aliphatic heterocycles. The summed E-state index contributed by atoms with van der Waals surface area (Å²) in [5.74, 6) is 0.779. The van der Waals surface area contributed by atoms with Gasteiger partial charge in [-0.3, -0.25) is 0 Å². The molecule has 88 valence electrons. The molecule has 3 rings (SSSR count). The maximum atomic E-state index is 6.21. The van der Waals surface area contributed by atoms with Crippen molar-refractivity contribution in [2.24, 2.45) is 0 Å². The lowest BCUT2D eigenvalue weighted by Gasteiger charge is -2.03. The summed E-state index contributed by atoms with van der Waals surface area (Å²) in [6, 6.07) is 4.18. The van der Waals surface area contributed by atoms with E-state index in [0.717, 1.165) is 41.2 Å². The van der Waals surface area contributed by atoms with Gasteiger partial charge in [0.1, 0.15) is 5.15 Å². The van der Waals surface area contributed by atoms with Gasteiger partial charge in [0.05, 0.1) is 9.09 Å². The smallest absolute Gasteiger partial charge is 0.171 e. The van der Waals surface area contributed by atoms with Crippen LogP contribution in [0.5, 0.6) is 0 Å². The van der Waals surface area contributed by atoms with Crippen LogP contribution in [0.2, 0.25) is 5.15 Å². The Kier molecular flexibility index (Phi) is 3.11. The molecule has 2 heterocycles. The van der Waals surface area contributed by atoms with Crippen LogP contribution in [-0.2, 0) is 12.8 Å². The second-order valence-electron chi connectivity index (χ2n) is 3.94. The van der Waals surface area contributed by atoms with E-state index in [1.54, 1.807) is 23.1 Å². The number of halogens is 1. The molecule has 17 heavy (non-hydrogen) atoms. The maximum absolute atomic E-state index is 6.21. The van der Waals surface area contributed by atoms with Crippen molar-refractivity contribution in [1.29, 1.82) is 0 Å². The van der Waals surface area contributed by atoms with Crippen molar-refractivity contribution in [3.63, 3.8) is 0 Å². The van der Waals surface area contributed by atoms with Gasteiger partial charge >= 0.3 is 0 Å². The second-order valence-corrected chi connectivity index (χ2v) is 6.49. The van der Waals surface area contributed by atoms with Gasteiger partial charge in [0.25, 0.3) is 0 Å². The molecule has 0 atom stereocenters. The monoisotopic (exact) mass is 282 g/mol. The zero-order valence-corrected chi connectivity index (χ0v) is 11.8. The number of aryl methyl sites for hydroxylation is 1. The summed E-state index contributed by atoms with van der Waals surface area (Å²) >= 11 is 9.68. The Morgan fingerprint density at radius 2 is 2.18 bits per heavy atom.